The van der Waals surface area contributed by atoms with Crippen LogP contribution in [0.4, 0.5) is 10.1 Å². The van der Waals surface area contributed by atoms with Gasteiger partial charge in [0, 0.05) is 17.8 Å². The zero-order chi connectivity index (χ0) is 10.8. The van der Waals surface area contributed by atoms with Crippen molar-refractivity contribution in [3.63, 3.8) is 0 Å². The molecule has 2 nitrogen and oxygen atoms in total. The van der Waals surface area contributed by atoms with E-state index in [9.17, 15) is 4.39 Å². The Morgan fingerprint density at radius 1 is 1.43 bits per heavy atom. The van der Waals surface area contributed by atoms with E-state index in [0.717, 1.165) is 5.69 Å². The van der Waals surface area contributed by atoms with Crippen molar-refractivity contribution in [2.45, 2.75) is 26.3 Å². The molecule has 0 aliphatic carbocycles. The highest BCUT2D eigenvalue weighted by molar-refractivity contribution is 5.47. The van der Waals surface area contributed by atoms with Gasteiger partial charge in [-0.3, -0.25) is 0 Å². The summed E-state index contributed by atoms with van der Waals surface area (Å²) in [6.45, 7) is 6.29. The second kappa shape index (κ2) is 3.96. The Hall–Kier alpha value is -1.09. The average Bonchev–Trinajstić information content (AvgIpc) is 2.11. The predicted octanol–water partition coefficient (Wildman–Crippen LogP) is 2.28. The van der Waals surface area contributed by atoms with Crippen LogP contribution in [0, 0.1) is 12.7 Å². The van der Waals surface area contributed by atoms with Gasteiger partial charge < -0.3 is 11.1 Å². The topological polar surface area (TPSA) is 38.0 Å². The Morgan fingerprint density at radius 3 is 2.57 bits per heavy atom. The molecule has 0 atom stereocenters. The normalized spacial score (nSPS) is 11.5. The molecule has 0 fully saturated rings. The van der Waals surface area contributed by atoms with Crippen LogP contribution in [0.3, 0.4) is 0 Å². The van der Waals surface area contributed by atoms with Gasteiger partial charge in [-0.2, -0.15) is 0 Å². The molecule has 0 bridgehead atoms. The van der Waals surface area contributed by atoms with E-state index in [0.29, 0.717) is 12.1 Å². The van der Waals surface area contributed by atoms with Gasteiger partial charge in [-0.25, -0.2) is 4.39 Å². The minimum Gasteiger partial charge on any atom is -0.379 e. The van der Waals surface area contributed by atoms with Crippen LogP contribution >= 0.6 is 0 Å². The summed E-state index contributed by atoms with van der Waals surface area (Å²) in [5, 5.41) is 3.24. The first-order valence-corrected chi connectivity index (χ1v) is 4.69. The maximum Gasteiger partial charge on any atom is 0.126 e. The van der Waals surface area contributed by atoms with Crippen molar-refractivity contribution in [3.8, 4) is 0 Å². The van der Waals surface area contributed by atoms with E-state index in [2.05, 4.69) is 5.32 Å². The number of nitrogens with one attached hydrogen (secondary N) is 1. The fourth-order valence-corrected chi connectivity index (χ4v) is 1.16. The van der Waals surface area contributed by atoms with Gasteiger partial charge in [-0.15, -0.1) is 0 Å². The highest BCUT2D eigenvalue weighted by atomic mass is 19.1. The number of nitrogens with two attached hydrogens (primary N) is 1. The molecule has 0 amide bonds. The first kappa shape index (κ1) is 11.0. The quantitative estimate of drug-likeness (QED) is 0.778. The van der Waals surface area contributed by atoms with Crippen molar-refractivity contribution < 1.29 is 4.39 Å². The van der Waals surface area contributed by atoms with E-state index in [4.69, 9.17) is 5.73 Å². The monoisotopic (exact) mass is 196 g/mol. The Balaban J connectivity index is 2.83. The molecule has 0 saturated carbocycles. The molecule has 1 aromatic carbocycles. The van der Waals surface area contributed by atoms with E-state index >= 15 is 0 Å². The summed E-state index contributed by atoms with van der Waals surface area (Å²) in [5.41, 5.74) is 6.97. The Labute approximate surface area is 84.3 Å². The third-order valence-corrected chi connectivity index (χ3v) is 2.15. The van der Waals surface area contributed by atoms with Crippen molar-refractivity contribution in [1.82, 2.24) is 0 Å². The molecule has 0 aromatic heterocycles. The number of halogens is 1. The first-order chi connectivity index (χ1) is 6.44. The lowest BCUT2D eigenvalue weighted by Gasteiger charge is -2.25. The van der Waals surface area contributed by atoms with Crippen LogP contribution in [0.25, 0.3) is 0 Å². The molecular formula is C11H17FN2. The summed E-state index contributed by atoms with van der Waals surface area (Å²) in [6, 6.07) is 4.97. The smallest absolute Gasteiger partial charge is 0.126 e. The molecule has 1 rings (SSSR count). The van der Waals surface area contributed by atoms with Gasteiger partial charge in [0.25, 0.3) is 0 Å². The predicted molar refractivity (Wildman–Crippen MR) is 57.9 cm³/mol. The fourth-order valence-electron chi connectivity index (χ4n) is 1.16. The van der Waals surface area contributed by atoms with Crippen LogP contribution in [-0.2, 0) is 0 Å². The van der Waals surface area contributed by atoms with Crippen molar-refractivity contribution in [2.75, 3.05) is 11.9 Å². The van der Waals surface area contributed by atoms with E-state index in [1.54, 1.807) is 19.1 Å². The average molecular weight is 196 g/mol. The lowest BCUT2D eigenvalue weighted by Crippen LogP contribution is -2.39. The molecule has 0 saturated heterocycles. The van der Waals surface area contributed by atoms with Crippen LogP contribution in [0.1, 0.15) is 19.4 Å². The third kappa shape index (κ3) is 2.70. The minimum absolute atomic E-state index is 0.162. The van der Waals surface area contributed by atoms with Crippen LogP contribution in [0.2, 0.25) is 0 Å². The van der Waals surface area contributed by atoms with Gasteiger partial charge in [0.15, 0.2) is 0 Å². The second-order valence-electron chi connectivity index (χ2n) is 4.18. The van der Waals surface area contributed by atoms with Crippen molar-refractivity contribution in [3.05, 3.63) is 29.6 Å². The minimum atomic E-state index is -0.180. The SMILES string of the molecule is Cc1cc(NC(C)(C)CN)ccc1F. The molecule has 1 aromatic rings. The molecule has 0 unspecified atom stereocenters. The number of hydrogen-bond donors (Lipinski definition) is 2. The highest BCUT2D eigenvalue weighted by Crippen LogP contribution is 2.17. The molecule has 3 N–H and O–H groups in total. The number of aryl methyl sites for hydroxylation is 1. The summed E-state index contributed by atoms with van der Waals surface area (Å²) in [4.78, 5) is 0. The van der Waals surface area contributed by atoms with Gasteiger partial charge >= 0.3 is 0 Å². The van der Waals surface area contributed by atoms with Crippen LogP contribution < -0.4 is 11.1 Å². The highest BCUT2D eigenvalue weighted by Gasteiger charge is 2.14. The third-order valence-electron chi connectivity index (χ3n) is 2.15. The van der Waals surface area contributed by atoms with Gasteiger partial charge in [0.1, 0.15) is 5.82 Å². The largest absolute Gasteiger partial charge is 0.379 e. The molecule has 0 aliphatic heterocycles. The Kier molecular flexibility index (Phi) is 3.11. The molecule has 0 spiro atoms. The molecular weight excluding hydrogens is 179 g/mol. The lowest BCUT2D eigenvalue weighted by atomic mass is 10.1. The molecule has 3 heteroatoms. The van der Waals surface area contributed by atoms with Crippen molar-refractivity contribution in [2.24, 2.45) is 5.73 Å². The van der Waals surface area contributed by atoms with Crippen LogP contribution in [-0.4, -0.2) is 12.1 Å². The van der Waals surface area contributed by atoms with Gasteiger partial charge in [-0.05, 0) is 44.5 Å². The Morgan fingerprint density at radius 2 is 2.07 bits per heavy atom. The van der Waals surface area contributed by atoms with E-state index in [-0.39, 0.29) is 11.4 Å². The van der Waals surface area contributed by atoms with E-state index in [1.807, 2.05) is 13.8 Å². The summed E-state index contributed by atoms with van der Waals surface area (Å²) < 4.78 is 13.0. The number of rotatable bonds is 3. The summed E-state index contributed by atoms with van der Waals surface area (Å²) in [6.07, 6.45) is 0. The molecule has 0 radical (unpaired) electrons. The summed E-state index contributed by atoms with van der Waals surface area (Å²) in [5.74, 6) is -0.180. The molecule has 0 aliphatic rings. The van der Waals surface area contributed by atoms with Crippen LogP contribution in [0.5, 0.6) is 0 Å². The van der Waals surface area contributed by atoms with Gasteiger partial charge in [0.2, 0.25) is 0 Å². The number of hydrogen-bond acceptors (Lipinski definition) is 2. The lowest BCUT2D eigenvalue weighted by molar-refractivity contribution is 0.578. The summed E-state index contributed by atoms with van der Waals surface area (Å²) in [7, 11) is 0. The molecule has 78 valence electrons. The number of benzene rings is 1. The maximum atomic E-state index is 13.0. The Bertz CT molecular complexity index is 321. The first-order valence-electron chi connectivity index (χ1n) is 4.69. The molecule has 14 heavy (non-hydrogen) atoms. The van der Waals surface area contributed by atoms with E-state index in [1.165, 1.54) is 6.07 Å². The second-order valence-corrected chi connectivity index (χ2v) is 4.18. The summed E-state index contributed by atoms with van der Waals surface area (Å²) >= 11 is 0. The molecule has 0 heterocycles. The van der Waals surface area contributed by atoms with Crippen molar-refractivity contribution in [1.29, 1.82) is 0 Å². The van der Waals surface area contributed by atoms with Crippen LogP contribution in [0.15, 0.2) is 18.2 Å². The van der Waals surface area contributed by atoms with E-state index < -0.39 is 0 Å². The maximum absolute atomic E-state index is 13.0. The van der Waals surface area contributed by atoms with Gasteiger partial charge in [-0.1, -0.05) is 0 Å². The zero-order valence-corrected chi connectivity index (χ0v) is 8.89. The standard InChI is InChI=1S/C11H17FN2/c1-8-6-9(4-5-10(8)12)14-11(2,3)7-13/h4-6,14H,7,13H2,1-3H3. The zero-order valence-electron chi connectivity index (χ0n) is 8.89. The fraction of sp³-hybridized carbons (Fsp3) is 0.455. The van der Waals surface area contributed by atoms with Crippen molar-refractivity contribution >= 4 is 5.69 Å². The number of anilines is 1. The van der Waals surface area contributed by atoms with Gasteiger partial charge in [0.05, 0.1) is 0 Å².